The van der Waals surface area contributed by atoms with Crippen LogP contribution in [0.1, 0.15) is 20.7 Å². The molecule has 0 aliphatic carbocycles. The SMILES string of the molecule is COc1cc(OC)cc(C(=O)N2CCN(c3ccc(NC(=S)NC(=O)c4ccccc4OC)cc3)CC2)c1. The lowest BCUT2D eigenvalue weighted by Gasteiger charge is -2.36. The Balaban J connectivity index is 1.31. The Labute approximate surface area is 227 Å². The number of amides is 2. The summed E-state index contributed by atoms with van der Waals surface area (Å²) in [4.78, 5) is 29.7. The summed E-state index contributed by atoms with van der Waals surface area (Å²) < 4.78 is 15.8. The molecule has 0 radical (unpaired) electrons. The molecule has 2 amide bonds. The number of piperazine rings is 1. The Bertz CT molecular complexity index is 1280. The van der Waals surface area contributed by atoms with E-state index in [1.807, 2.05) is 29.2 Å². The number of hydrogen-bond donors (Lipinski definition) is 2. The first-order chi connectivity index (χ1) is 18.4. The van der Waals surface area contributed by atoms with E-state index in [4.69, 9.17) is 26.4 Å². The fourth-order valence-electron chi connectivity index (χ4n) is 4.20. The molecule has 198 valence electrons. The third-order valence-electron chi connectivity index (χ3n) is 6.23. The van der Waals surface area contributed by atoms with E-state index >= 15 is 0 Å². The molecule has 1 heterocycles. The second kappa shape index (κ2) is 12.3. The van der Waals surface area contributed by atoms with Crippen molar-refractivity contribution in [2.45, 2.75) is 0 Å². The number of nitrogens with zero attached hydrogens (tertiary/aromatic N) is 2. The number of carbonyl (C=O) groups excluding carboxylic acids is 2. The molecular weight excluding hydrogens is 504 g/mol. The van der Waals surface area contributed by atoms with Gasteiger partial charge in [0.1, 0.15) is 17.2 Å². The summed E-state index contributed by atoms with van der Waals surface area (Å²) >= 11 is 5.31. The molecule has 0 atom stereocenters. The minimum atomic E-state index is -0.351. The number of para-hydroxylation sites is 1. The first-order valence-electron chi connectivity index (χ1n) is 12.0. The van der Waals surface area contributed by atoms with Gasteiger partial charge in [-0.2, -0.15) is 0 Å². The van der Waals surface area contributed by atoms with Gasteiger partial charge in [0, 0.05) is 49.2 Å². The van der Waals surface area contributed by atoms with E-state index in [1.165, 1.54) is 7.11 Å². The predicted molar refractivity (Wildman–Crippen MR) is 151 cm³/mol. The van der Waals surface area contributed by atoms with Crippen molar-refractivity contribution in [3.05, 3.63) is 77.9 Å². The number of anilines is 2. The average Bonchev–Trinajstić information content (AvgIpc) is 2.96. The van der Waals surface area contributed by atoms with Gasteiger partial charge in [0.15, 0.2) is 5.11 Å². The lowest BCUT2D eigenvalue weighted by Crippen LogP contribution is -2.48. The third-order valence-corrected chi connectivity index (χ3v) is 6.44. The smallest absolute Gasteiger partial charge is 0.261 e. The molecule has 9 nitrogen and oxygen atoms in total. The van der Waals surface area contributed by atoms with Gasteiger partial charge >= 0.3 is 0 Å². The van der Waals surface area contributed by atoms with Crippen LogP contribution in [-0.2, 0) is 0 Å². The highest BCUT2D eigenvalue weighted by molar-refractivity contribution is 7.80. The zero-order valence-corrected chi connectivity index (χ0v) is 22.3. The van der Waals surface area contributed by atoms with Gasteiger partial charge in [0.05, 0.1) is 26.9 Å². The van der Waals surface area contributed by atoms with E-state index in [1.54, 1.807) is 56.7 Å². The largest absolute Gasteiger partial charge is 0.497 e. The molecule has 0 unspecified atom stereocenters. The monoisotopic (exact) mass is 534 g/mol. The molecule has 0 saturated carbocycles. The third kappa shape index (κ3) is 6.33. The van der Waals surface area contributed by atoms with Crippen molar-refractivity contribution >= 4 is 40.5 Å². The van der Waals surface area contributed by atoms with Crippen LogP contribution < -0.4 is 29.7 Å². The van der Waals surface area contributed by atoms with Gasteiger partial charge in [0.25, 0.3) is 11.8 Å². The molecular formula is C28H30N4O5S. The van der Waals surface area contributed by atoms with Crippen LogP contribution in [0.5, 0.6) is 17.2 Å². The summed E-state index contributed by atoms with van der Waals surface area (Å²) in [6.07, 6.45) is 0. The Morgan fingerprint density at radius 1 is 0.816 bits per heavy atom. The van der Waals surface area contributed by atoms with Crippen LogP contribution in [0.3, 0.4) is 0 Å². The van der Waals surface area contributed by atoms with Crippen LogP contribution in [0.15, 0.2) is 66.7 Å². The van der Waals surface area contributed by atoms with E-state index in [0.717, 1.165) is 11.4 Å². The number of thiocarbonyl (C=S) groups is 1. The molecule has 1 fully saturated rings. The van der Waals surface area contributed by atoms with E-state index in [0.29, 0.717) is 54.6 Å². The molecule has 3 aromatic carbocycles. The van der Waals surface area contributed by atoms with Crippen molar-refractivity contribution in [3.8, 4) is 17.2 Å². The minimum Gasteiger partial charge on any atom is -0.497 e. The second-order valence-corrected chi connectivity index (χ2v) is 8.94. The average molecular weight is 535 g/mol. The zero-order chi connectivity index (χ0) is 27.1. The number of ether oxygens (including phenoxy) is 3. The normalized spacial score (nSPS) is 12.9. The van der Waals surface area contributed by atoms with Crippen LogP contribution in [0.25, 0.3) is 0 Å². The lowest BCUT2D eigenvalue weighted by atomic mass is 10.1. The first kappa shape index (κ1) is 26.7. The quantitative estimate of drug-likeness (QED) is 0.443. The molecule has 4 rings (SSSR count). The van der Waals surface area contributed by atoms with Crippen molar-refractivity contribution in [3.63, 3.8) is 0 Å². The van der Waals surface area contributed by atoms with Crippen molar-refractivity contribution in [2.75, 3.05) is 57.7 Å². The molecule has 1 aliphatic heterocycles. The van der Waals surface area contributed by atoms with Gasteiger partial charge < -0.3 is 29.3 Å². The Hall–Kier alpha value is -4.31. The van der Waals surface area contributed by atoms with Crippen LogP contribution >= 0.6 is 12.2 Å². The summed E-state index contributed by atoms with van der Waals surface area (Å²) in [5, 5.41) is 5.90. The number of methoxy groups -OCH3 is 3. The van der Waals surface area contributed by atoms with Gasteiger partial charge in [-0.1, -0.05) is 12.1 Å². The number of rotatable bonds is 7. The number of benzene rings is 3. The highest BCUT2D eigenvalue weighted by atomic mass is 32.1. The summed E-state index contributed by atoms with van der Waals surface area (Å²) in [5.41, 5.74) is 2.73. The number of nitrogens with one attached hydrogen (secondary N) is 2. The van der Waals surface area contributed by atoms with Crippen LogP contribution in [0.4, 0.5) is 11.4 Å². The zero-order valence-electron chi connectivity index (χ0n) is 21.5. The summed E-state index contributed by atoms with van der Waals surface area (Å²) in [6.45, 7) is 2.59. The van der Waals surface area contributed by atoms with Gasteiger partial charge in [-0.3, -0.25) is 14.9 Å². The van der Waals surface area contributed by atoms with Crippen molar-refractivity contribution in [1.29, 1.82) is 0 Å². The maximum absolute atomic E-state index is 13.1. The maximum atomic E-state index is 13.1. The van der Waals surface area contributed by atoms with E-state index < -0.39 is 0 Å². The Morgan fingerprint density at radius 2 is 1.45 bits per heavy atom. The molecule has 38 heavy (non-hydrogen) atoms. The van der Waals surface area contributed by atoms with Gasteiger partial charge in [-0.15, -0.1) is 0 Å². The summed E-state index contributed by atoms with van der Waals surface area (Å²) in [6, 6.07) is 19.9. The molecule has 0 aromatic heterocycles. The molecule has 2 N–H and O–H groups in total. The highest BCUT2D eigenvalue weighted by Gasteiger charge is 2.23. The fraction of sp³-hybridized carbons (Fsp3) is 0.250. The molecule has 1 aliphatic rings. The maximum Gasteiger partial charge on any atom is 0.261 e. The van der Waals surface area contributed by atoms with Crippen LogP contribution in [0, 0.1) is 0 Å². The molecule has 10 heteroatoms. The molecule has 0 bridgehead atoms. The number of carbonyl (C=O) groups is 2. The second-order valence-electron chi connectivity index (χ2n) is 8.54. The van der Waals surface area contributed by atoms with E-state index in [9.17, 15) is 9.59 Å². The predicted octanol–water partition coefficient (Wildman–Crippen LogP) is 3.80. The fourth-order valence-corrected chi connectivity index (χ4v) is 4.41. The van der Waals surface area contributed by atoms with Crippen molar-refractivity contribution < 1.29 is 23.8 Å². The standard InChI is InChI=1S/C28H30N4O5S/c1-35-22-16-19(17-23(18-22)36-2)27(34)32-14-12-31(13-15-32)21-10-8-20(9-11-21)29-28(38)30-26(33)24-6-4-5-7-25(24)37-3/h4-11,16-18H,12-15H2,1-3H3,(H2,29,30,33,38). The Kier molecular flexibility index (Phi) is 8.65. The van der Waals surface area contributed by atoms with Crippen LogP contribution in [0.2, 0.25) is 0 Å². The van der Waals surface area contributed by atoms with Gasteiger partial charge in [-0.05, 0) is 60.7 Å². The van der Waals surface area contributed by atoms with E-state index in [2.05, 4.69) is 15.5 Å². The van der Waals surface area contributed by atoms with Crippen molar-refractivity contribution in [2.24, 2.45) is 0 Å². The lowest BCUT2D eigenvalue weighted by molar-refractivity contribution is 0.0745. The highest BCUT2D eigenvalue weighted by Crippen LogP contribution is 2.25. The molecule has 0 spiro atoms. The minimum absolute atomic E-state index is 0.0509. The topological polar surface area (TPSA) is 92.4 Å². The Morgan fingerprint density at radius 3 is 2.05 bits per heavy atom. The number of hydrogen-bond acceptors (Lipinski definition) is 7. The van der Waals surface area contributed by atoms with Gasteiger partial charge in [-0.25, -0.2) is 0 Å². The van der Waals surface area contributed by atoms with Crippen molar-refractivity contribution in [1.82, 2.24) is 10.2 Å². The van der Waals surface area contributed by atoms with Gasteiger partial charge in [0.2, 0.25) is 0 Å². The van der Waals surface area contributed by atoms with E-state index in [-0.39, 0.29) is 16.9 Å². The van der Waals surface area contributed by atoms with Crippen LogP contribution in [-0.4, -0.2) is 69.3 Å². The summed E-state index contributed by atoms with van der Waals surface area (Å²) in [7, 11) is 4.64. The first-order valence-corrected chi connectivity index (χ1v) is 12.5. The molecule has 3 aromatic rings. The summed E-state index contributed by atoms with van der Waals surface area (Å²) in [5.74, 6) is 1.24. The molecule has 1 saturated heterocycles.